The van der Waals surface area contributed by atoms with Crippen molar-refractivity contribution >= 4 is 5.91 Å². The fourth-order valence-corrected chi connectivity index (χ4v) is 2.34. The highest BCUT2D eigenvalue weighted by Crippen LogP contribution is 2.29. The predicted molar refractivity (Wildman–Crippen MR) is 76.4 cm³/mol. The lowest BCUT2D eigenvalue weighted by atomic mass is 10.1. The number of carbonyl (C=O) groups is 1. The highest BCUT2D eigenvalue weighted by atomic mass is 16.5. The summed E-state index contributed by atoms with van der Waals surface area (Å²) in [5.74, 6) is 0.909. The zero-order valence-electron chi connectivity index (χ0n) is 12.3. The molecule has 1 aromatic carbocycles. The highest BCUT2D eigenvalue weighted by Gasteiger charge is 2.34. The molecule has 0 heterocycles. The van der Waals surface area contributed by atoms with Crippen LogP contribution in [0, 0.1) is 13.8 Å². The Balaban J connectivity index is 1.97. The van der Waals surface area contributed by atoms with Crippen LogP contribution in [0.2, 0.25) is 0 Å². The van der Waals surface area contributed by atoms with Crippen LogP contribution in [0.25, 0.3) is 0 Å². The molecule has 0 spiro atoms. The van der Waals surface area contributed by atoms with Crippen molar-refractivity contribution in [2.45, 2.75) is 52.6 Å². The third-order valence-electron chi connectivity index (χ3n) is 3.48. The Morgan fingerprint density at radius 2 is 2.05 bits per heavy atom. The van der Waals surface area contributed by atoms with Gasteiger partial charge in [-0.3, -0.25) is 4.79 Å². The Morgan fingerprint density at radius 1 is 1.37 bits per heavy atom. The number of benzene rings is 1. The minimum Gasteiger partial charge on any atom is -0.483 e. The van der Waals surface area contributed by atoms with Gasteiger partial charge in [0.05, 0.1) is 0 Å². The predicted octanol–water partition coefficient (Wildman–Crippen LogP) is 3.08. The molecule has 104 valence electrons. The molecule has 3 nitrogen and oxygen atoms in total. The van der Waals surface area contributed by atoms with Crippen molar-refractivity contribution in [2.24, 2.45) is 0 Å². The third kappa shape index (κ3) is 3.49. The van der Waals surface area contributed by atoms with Crippen LogP contribution in [-0.4, -0.2) is 29.5 Å². The molecule has 1 aliphatic rings. The van der Waals surface area contributed by atoms with Crippen molar-refractivity contribution in [3.8, 4) is 5.75 Å². The van der Waals surface area contributed by atoms with Crippen molar-refractivity contribution in [1.82, 2.24) is 4.90 Å². The van der Waals surface area contributed by atoms with Gasteiger partial charge in [-0.1, -0.05) is 12.1 Å². The SMILES string of the molecule is Cc1ccc(C)c(OCC(=O)N(C(C)C)C2CC2)c1. The summed E-state index contributed by atoms with van der Waals surface area (Å²) >= 11 is 0. The molecule has 0 bridgehead atoms. The summed E-state index contributed by atoms with van der Waals surface area (Å²) in [5, 5.41) is 0. The first-order valence-corrected chi connectivity index (χ1v) is 7.00. The second kappa shape index (κ2) is 5.64. The van der Waals surface area contributed by atoms with Gasteiger partial charge < -0.3 is 9.64 Å². The summed E-state index contributed by atoms with van der Waals surface area (Å²) in [6.45, 7) is 8.29. The van der Waals surface area contributed by atoms with Crippen LogP contribution < -0.4 is 4.74 Å². The fraction of sp³-hybridized carbons (Fsp3) is 0.562. The summed E-state index contributed by atoms with van der Waals surface area (Å²) in [7, 11) is 0. The molecule has 1 aliphatic carbocycles. The van der Waals surface area contributed by atoms with Gasteiger partial charge in [0.15, 0.2) is 6.61 Å². The largest absolute Gasteiger partial charge is 0.483 e. The molecular formula is C16H23NO2. The van der Waals surface area contributed by atoms with Crippen molar-refractivity contribution in [3.05, 3.63) is 29.3 Å². The third-order valence-corrected chi connectivity index (χ3v) is 3.48. The molecule has 0 N–H and O–H groups in total. The molecule has 0 unspecified atom stereocenters. The Hall–Kier alpha value is -1.51. The molecule has 0 atom stereocenters. The van der Waals surface area contributed by atoms with E-state index in [9.17, 15) is 4.79 Å². The quantitative estimate of drug-likeness (QED) is 0.815. The van der Waals surface area contributed by atoms with Crippen LogP contribution in [0.3, 0.4) is 0 Å². The van der Waals surface area contributed by atoms with Crippen LogP contribution in [0.5, 0.6) is 5.75 Å². The summed E-state index contributed by atoms with van der Waals surface area (Å²) in [6, 6.07) is 6.75. The number of rotatable bonds is 5. The standard InChI is InChI=1S/C16H23NO2/c1-11(2)17(14-7-8-14)16(18)10-19-15-9-12(3)5-6-13(15)4/h5-6,9,11,14H,7-8,10H2,1-4H3. The molecule has 0 radical (unpaired) electrons. The first kappa shape index (κ1) is 13.9. The van der Waals surface area contributed by atoms with Crippen molar-refractivity contribution in [3.63, 3.8) is 0 Å². The molecule has 0 saturated heterocycles. The molecule has 1 fully saturated rings. The topological polar surface area (TPSA) is 29.5 Å². The molecule has 1 aromatic rings. The van der Waals surface area contributed by atoms with Gasteiger partial charge in [-0.2, -0.15) is 0 Å². The van der Waals surface area contributed by atoms with Gasteiger partial charge in [-0.25, -0.2) is 0 Å². The van der Waals surface area contributed by atoms with Gasteiger partial charge in [0, 0.05) is 12.1 Å². The monoisotopic (exact) mass is 261 g/mol. The van der Waals surface area contributed by atoms with E-state index >= 15 is 0 Å². The first-order valence-electron chi connectivity index (χ1n) is 7.00. The van der Waals surface area contributed by atoms with Gasteiger partial charge in [0.25, 0.3) is 5.91 Å². The second-order valence-corrected chi connectivity index (χ2v) is 5.68. The zero-order chi connectivity index (χ0) is 14.0. The summed E-state index contributed by atoms with van der Waals surface area (Å²) in [4.78, 5) is 14.2. The number of hydrogen-bond donors (Lipinski definition) is 0. The highest BCUT2D eigenvalue weighted by molar-refractivity contribution is 5.78. The van der Waals surface area contributed by atoms with E-state index in [1.807, 2.05) is 30.9 Å². The molecule has 1 saturated carbocycles. The van der Waals surface area contributed by atoms with Crippen LogP contribution in [0.15, 0.2) is 18.2 Å². The van der Waals surface area contributed by atoms with E-state index in [4.69, 9.17) is 4.74 Å². The minimum absolute atomic E-state index is 0.0957. The molecule has 0 aromatic heterocycles. The zero-order valence-corrected chi connectivity index (χ0v) is 12.3. The van der Waals surface area contributed by atoms with Gasteiger partial charge in [0.2, 0.25) is 0 Å². The maximum atomic E-state index is 12.2. The molecule has 3 heteroatoms. The Bertz CT molecular complexity index is 462. The molecule has 1 amide bonds. The van der Waals surface area contributed by atoms with Gasteiger partial charge in [-0.15, -0.1) is 0 Å². The van der Waals surface area contributed by atoms with Crippen LogP contribution in [0.1, 0.15) is 37.8 Å². The number of aryl methyl sites for hydroxylation is 2. The van der Waals surface area contributed by atoms with Crippen LogP contribution >= 0.6 is 0 Å². The van der Waals surface area contributed by atoms with Crippen molar-refractivity contribution in [1.29, 1.82) is 0 Å². The van der Waals surface area contributed by atoms with E-state index in [2.05, 4.69) is 19.9 Å². The number of amides is 1. The van der Waals surface area contributed by atoms with Crippen molar-refractivity contribution < 1.29 is 9.53 Å². The van der Waals surface area contributed by atoms with Gasteiger partial charge in [0.1, 0.15) is 5.75 Å². The van der Waals surface area contributed by atoms with Crippen LogP contribution in [-0.2, 0) is 4.79 Å². The van der Waals surface area contributed by atoms with E-state index in [0.29, 0.717) is 6.04 Å². The van der Waals surface area contributed by atoms with E-state index < -0.39 is 0 Å². The number of nitrogens with zero attached hydrogens (tertiary/aromatic N) is 1. The van der Waals surface area contributed by atoms with E-state index in [1.54, 1.807) is 0 Å². The minimum atomic E-state index is 0.0957. The summed E-state index contributed by atoms with van der Waals surface area (Å²) in [5.41, 5.74) is 2.22. The average molecular weight is 261 g/mol. The van der Waals surface area contributed by atoms with Crippen molar-refractivity contribution in [2.75, 3.05) is 6.61 Å². The average Bonchev–Trinajstić information content (AvgIpc) is 3.14. The Labute approximate surface area is 115 Å². The van der Waals surface area contributed by atoms with Gasteiger partial charge in [-0.05, 0) is 57.7 Å². The molecule has 0 aliphatic heterocycles. The number of ether oxygens (including phenoxy) is 1. The van der Waals surface area contributed by atoms with Gasteiger partial charge >= 0.3 is 0 Å². The summed E-state index contributed by atoms with van der Waals surface area (Å²) in [6.07, 6.45) is 2.26. The Morgan fingerprint density at radius 3 is 2.63 bits per heavy atom. The normalized spacial score (nSPS) is 14.6. The second-order valence-electron chi connectivity index (χ2n) is 5.68. The Kier molecular flexibility index (Phi) is 4.13. The van der Waals surface area contributed by atoms with E-state index in [-0.39, 0.29) is 18.6 Å². The van der Waals surface area contributed by atoms with Crippen LogP contribution in [0.4, 0.5) is 0 Å². The number of hydrogen-bond acceptors (Lipinski definition) is 2. The molecule has 19 heavy (non-hydrogen) atoms. The lowest BCUT2D eigenvalue weighted by Gasteiger charge is -2.26. The smallest absolute Gasteiger partial charge is 0.260 e. The number of carbonyl (C=O) groups excluding carboxylic acids is 1. The molecular weight excluding hydrogens is 238 g/mol. The maximum absolute atomic E-state index is 12.2. The first-order chi connectivity index (χ1) is 8.99. The van der Waals surface area contributed by atoms with E-state index in [1.165, 1.54) is 0 Å². The fourth-order valence-electron chi connectivity index (χ4n) is 2.34. The molecule has 2 rings (SSSR count). The summed E-state index contributed by atoms with van der Waals surface area (Å²) < 4.78 is 5.70. The van der Waals surface area contributed by atoms with E-state index in [0.717, 1.165) is 29.7 Å². The lowest BCUT2D eigenvalue weighted by Crippen LogP contribution is -2.41. The lowest BCUT2D eigenvalue weighted by molar-refractivity contribution is -0.135. The maximum Gasteiger partial charge on any atom is 0.260 e.